The second-order valence-electron chi connectivity index (χ2n) is 4.76. The van der Waals surface area contributed by atoms with Crippen LogP contribution >= 0.6 is 0 Å². The van der Waals surface area contributed by atoms with Crippen molar-refractivity contribution >= 4 is 5.69 Å². The molecular formula is C16H18FNO2. The summed E-state index contributed by atoms with van der Waals surface area (Å²) in [5.41, 5.74) is 9.32. The van der Waals surface area contributed by atoms with Gasteiger partial charge < -0.3 is 15.2 Å². The van der Waals surface area contributed by atoms with Crippen LogP contribution in [0.25, 0.3) is 0 Å². The Balaban J connectivity index is 2.15. The molecule has 2 rings (SSSR count). The molecule has 0 amide bonds. The summed E-state index contributed by atoms with van der Waals surface area (Å²) in [6, 6.07) is 8.61. The summed E-state index contributed by atoms with van der Waals surface area (Å²) in [5.74, 6) is 0.466. The van der Waals surface area contributed by atoms with Gasteiger partial charge in [-0.15, -0.1) is 0 Å². The first-order valence-corrected chi connectivity index (χ1v) is 6.33. The summed E-state index contributed by atoms with van der Waals surface area (Å²) in [6.07, 6.45) is 0. The molecule has 0 heterocycles. The van der Waals surface area contributed by atoms with Crippen molar-refractivity contribution in [1.82, 2.24) is 0 Å². The van der Waals surface area contributed by atoms with Crippen LogP contribution in [0.5, 0.6) is 11.5 Å². The number of hydrogen-bond acceptors (Lipinski definition) is 3. The number of rotatable bonds is 4. The third-order valence-electron chi connectivity index (χ3n) is 3.05. The molecule has 0 aliphatic rings. The molecule has 0 saturated carbocycles. The van der Waals surface area contributed by atoms with Gasteiger partial charge in [0.1, 0.15) is 12.4 Å². The number of nitrogen functional groups attached to an aromatic ring is 1. The van der Waals surface area contributed by atoms with Gasteiger partial charge in [-0.25, -0.2) is 4.39 Å². The van der Waals surface area contributed by atoms with Crippen molar-refractivity contribution in [2.24, 2.45) is 0 Å². The first-order valence-electron chi connectivity index (χ1n) is 6.33. The van der Waals surface area contributed by atoms with E-state index < -0.39 is 5.82 Å². The average Bonchev–Trinajstić information content (AvgIpc) is 2.37. The van der Waals surface area contributed by atoms with Crippen LogP contribution < -0.4 is 15.2 Å². The number of nitrogens with two attached hydrogens (primary N) is 1. The van der Waals surface area contributed by atoms with Crippen LogP contribution in [0.15, 0.2) is 30.3 Å². The van der Waals surface area contributed by atoms with Crippen LogP contribution in [0.3, 0.4) is 0 Å². The van der Waals surface area contributed by atoms with Crippen molar-refractivity contribution in [3.63, 3.8) is 0 Å². The van der Waals surface area contributed by atoms with Crippen LogP contribution in [0, 0.1) is 19.7 Å². The highest BCUT2D eigenvalue weighted by atomic mass is 19.1. The molecule has 2 aromatic carbocycles. The lowest BCUT2D eigenvalue weighted by Crippen LogP contribution is -2.02. The van der Waals surface area contributed by atoms with Crippen molar-refractivity contribution < 1.29 is 13.9 Å². The molecular weight excluding hydrogens is 257 g/mol. The molecule has 3 nitrogen and oxygen atoms in total. The zero-order valence-corrected chi connectivity index (χ0v) is 11.9. The molecule has 0 aliphatic heterocycles. The molecule has 4 heteroatoms. The summed E-state index contributed by atoms with van der Waals surface area (Å²) in [5, 5.41) is 0. The van der Waals surface area contributed by atoms with E-state index in [1.807, 2.05) is 26.0 Å². The number of methoxy groups -OCH3 is 1. The highest BCUT2D eigenvalue weighted by Gasteiger charge is 2.08. The normalized spacial score (nSPS) is 10.4. The topological polar surface area (TPSA) is 44.5 Å². The van der Waals surface area contributed by atoms with Gasteiger partial charge in [0.15, 0.2) is 11.6 Å². The fourth-order valence-electron chi connectivity index (χ4n) is 2.14. The Bertz CT molecular complexity index is 603. The predicted octanol–water partition coefficient (Wildman–Crippen LogP) is 3.61. The quantitative estimate of drug-likeness (QED) is 0.867. The molecule has 0 bridgehead atoms. The number of benzene rings is 2. The zero-order chi connectivity index (χ0) is 14.7. The van der Waals surface area contributed by atoms with E-state index in [0.717, 1.165) is 16.7 Å². The van der Waals surface area contributed by atoms with Gasteiger partial charge in [-0.3, -0.25) is 0 Å². The van der Waals surface area contributed by atoms with Gasteiger partial charge in [0, 0.05) is 0 Å². The van der Waals surface area contributed by atoms with Crippen molar-refractivity contribution in [2.45, 2.75) is 20.5 Å². The van der Waals surface area contributed by atoms with Crippen molar-refractivity contribution in [1.29, 1.82) is 0 Å². The van der Waals surface area contributed by atoms with Gasteiger partial charge in [0.2, 0.25) is 0 Å². The molecule has 0 aromatic heterocycles. The zero-order valence-electron chi connectivity index (χ0n) is 11.9. The predicted molar refractivity (Wildman–Crippen MR) is 77.6 cm³/mol. The first kappa shape index (κ1) is 14.2. The van der Waals surface area contributed by atoms with E-state index in [-0.39, 0.29) is 12.4 Å². The van der Waals surface area contributed by atoms with Gasteiger partial charge in [-0.1, -0.05) is 12.1 Å². The lowest BCUT2D eigenvalue weighted by Gasteiger charge is -2.13. The van der Waals surface area contributed by atoms with Gasteiger partial charge in [0.25, 0.3) is 0 Å². The Morgan fingerprint density at radius 2 is 1.90 bits per heavy atom. The van der Waals surface area contributed by atoms with Gasteiger partial charge in [-0.2, -0.15) is 0 Å². The van der Waals surface area contributed by atoms with Gasteiger partial charge in [0.05, 0.1) is 12.8 Å². The SMILES string of the molecule is COc1ccc(COc2c(C)cc(C)cc2N)cc1F. The average molecular weight is 275 g/mol. The summed E-state index contributed by atoms with van der Waals surface area (Å²) in [7, 11) is 1.44. The van der Waals surface area contributed by atoms with Gasteiger partial charge in [-0.05, 0) is 48.7 Å². The van der Waals surface area contributed by atoms with Crippen LogP contribution in [0.2, 0.25) is 0 Å². The van der Waals surface area contributed by atoms with Crippen molar-refractivity contribution in [3.05, 3.63) is 52.8 Å². The second kappa shape index (κ2) is 5.82. The van der Waals surface area contributed by atoms with E-state index >= 15 is 0 Å². The molecule has 0 saturated heterocycles. The Hall–Kier alpha value is -2.23. The molecule has 0 atom stereocenters. The standard InChI is InChI=1S/C16H18FNO2/c1-10-6-11(2)16(14(18)7-10)20-9-12-4-5-15(19-3)13(17)8-12/h4-8H,9,18H2,1-3H3. The van der Waals surface area contributed by atoms with Crippen LogP contribution in [0.4, 0.5) is 10.1 Å². The number of aryl methyl sites for hydroxylation is 2. The Morgan fingerprint density at radius 3 is 2.50 bits per heavy atom. The summed E-state index contributed by atoms with van der Waals surface area (Å²) >= 11 is 0. The monoisotopic (exact) mass is 275 g/mol. The van der Waals surface area contributed by atoms with E-state index in [9.17, 15) is 4.39 Å². The van der Waals surface area contributed by atoms with Gasteiger partial charge >= 0.3 is 0 Å². The largest absolute Gasteiger partial charge is 0.494 e. The van der Waals surface area contributed by atoms with E-state index in [0.29, 0.717) is 11.4 Å². The molecule has 0 spiro atoms. The number of ether oxygens (including phenoxy) is 2. The maximum absolute atomic E-state index is 13.6. The number of hydrogen-bond donors (Lipinski definition) is 1. The summed E-state index contributed by atoms with van der Waals surface area (Å²) < 4.78 is 24.2. The molecule has 2 N–H and O–H groups in total. The molecule has 0 unspecified atom stereocenters. The Morgan fingerprint density at radius 1 is 1.15 bits per heavy atom. The highest BCUT2D eigenvalue weighted by Crippen LogP contribution is 2.28. The maximum atomic E-state index is 13.6. The summed E-state index contributed by atoms with van der Waals surface area (Å²) in [6.45, 7) is 4.17. The molecule has 0 fully saturated rings. The van der Waals surface area contributed by atoms with Crippen LogP contribution in [-0.2, 0) is 6.61 Å². The van der Waals surface area contributed by atoms with E-state index in [1.54, 1.807) is 12.1 Å². The number of anilines is 1. The molecule has 20 heavy (non-hydrogen) atoms. The smallest absolute Gasteiger partial charge is 0.165 e. The minimum Gasteiger partial charge on any atom is -0.494 e. The van der Waals surface area contributed by atoms with E-state index in [2.05, 4.69) is 0 Å². The second-order valence-corrected chi connectivity index (χ2v) is 4.76. The van der Waals surface area contributed by atoms with Crippen molar-refractivity contribution in [3.8, 4) is 11.5 Å². The molecule has 0 radical (unpaired) electrons. The van der Waals surface area contributed by atoms with Crippen LogP contribution in [-0.4, -0.2) is 7.11 Å². The van der Waals surface area contributed by atoms with Crippen LogP contribution in [0.1, 0.15) is 16.7 Å². The minimum atomic E-state index is -0.401. The Labute approximate surface area is 118 Å². The highest BCUT2D eigenvalue weighted by molar-refractivity contribution is 5.58. The fraction of sp³-hybridized carbons (Fsp3) is 0.250. The maximum Gasteiger partial charge on any atom is 0.165 e. The third-order valence-corrected chi connectivity index (χ3v) is 3.05. The van der Waals surface area contributed by atoms with Crippen molar-refractivity contribution in [2.75, 3.05) is 12.8 Å². The first-order chi connectivity index (χ1) is 9.51. The Kier molecular flexibility index (Phi) is 4.13. The van der Waals surface area contributed by atoms with E-state index in [1.165, 1.54) is 13.2 Å². The molecule has 0 aliphatic carbocycles. The van der Waals surface area contributed by atoms with E-state index in [4.69, 9.17) is 15.2 Å². The minimum absolute atomic E-state index is 0.222. The lowest BCUT2D eigenvalue weighted by molar-refractivity contribution is 0.304. The number of halogens is 1. The third kappa shape index (κ3) is 3.02. The molecule has 106 valence electrons. The molecule has 2 aromatic rings. The lowest BCUT2D eigenvalue weighted by atomic mass is 10.1. The fourth-order valence-corrected chi connectivity index (χ4v) is 2.14. The summed E-state index contributed by atoms with van der Waals surface area (Å²) in [4.78, 5) is 0.